The fourth-order valence-corrected chi connectivity index (χ4v) is 0.482. The van der Waals surface area contributed by atoms with Crippen molar-refractivity contribution in [1.82, 2.24) is 9.55 Å². The van der Waals surface area contributed by atoms with Gasteiger partial charge in [-0.3, -0.25) is 9.78 Å². The van der Waals surface area contributed by atoms with Gasteiger partial charge in [-0.1, -0.05) is 13.8 Å². The quantitative estimate of drug-likeness (QED) is 0.579. The predicted molar refractivity (Wildman–Crippen MR) is 43.7 cm³/mol. The Kier molecular flexibility index (Phi) is 3.95. The third-order valence-corrected chi connectivity index (χ3v) is 1.000. The van der Waals surface area contributed by atoms with Gasteiger partial charge in [0.15, 0.2) is 0 Å². The molecule has 0 fully saturated rings. The summed E-state index contributed by atoms with van der Waals surface area (Å²) < 4.78 is 1.29. The van der Waals surface area contributed by atoms with Crippen LogP contribution in [0, 0.1) is 0 Å². The molecule has 0 aromatic carbocycles. The molecule has 0 aliphatic heterocycles. The summed E-state index contributed by atoms with van der Waals surface area (Å²) in [5, 5.41) is 0. The van der Waals surface area contributed by atoms with Crippen molar-refractivity contribution in [2.75, 3.05) is 0 Å². The zero-order valence-electron chi connectivity index (χ0n) is 6.92. The number of rotatable bonds is 0. The molecule has 0 radical (unpaired) electrons. The Morgan fingerprint density at radius 2 is 1.91 bits per heavy atom. The molecule has 0 amide bonds. The van der Waals surface area contributed by atoms with Gasteiger partial charge in [0.05, 0.1) is 0 Å². The maximum atomic E-state index is 10.5. The van der Waals surface area contributed by atoms with Crippen molar-refractivity contribution in [3.05, 3.63) is 33.1 Å². The number of aromatic amines is 1. The molecule has 4 nitrogen and oxygen atoms in total. The molecule has 4 heteroatoms. The molecule has 11 heavy (non-hydrogen) atoms. The van der Waals surface area contributed by atoms with Gasteiger partial charge in [0.25, 0.3) is 5.56 Å². The van der Waals surface area contributed by atoms with Crippen LogP contribution in [-0.2, 0) is 7.05 Å². The molecule has 1 aromatic heterocycles. The van der Waals surface area contributed by atoms with Crippen LogP contribution >= 0.6 is 0 Å². The van der Waals surface area contributed by atoms with Gasteiger partial charge < -0.3 is 4.57 Å². The second kappa shape index (κ2) is 4.49. The molecule has 0 atom stereocenters. The van der Waals surface area contributed by atoms with E-state index >= 15 is 0 Å². The Labute approximate surface area is 64.5 Å². The minimum Gasteiger partial charge on any atom is -0.304 e. The predicted octanol–water partition coefficient (Wildman–Crippen LogP) is 0.0998. The molecule has 0 saturated carbocycles. The number of H-pyrrole nitrogens is 1. The van der Waals surface area contributed by atoms with E-state index in [-0.39, 0.29) is 11.2 Å². The summed E-state index contributed by atoms with van der Waals surface area (Å²) in [5.41, 5.74) is -0.749. The van der Waals surface area contributed by atoms with E-state index in [2.05, 4.69) is 4.98 Å². The lowest BCUT2D eigenvalue weighted by molar-refractivity contribution is 0.799. The molecule has 1 aromatic rings. The highest BCUT2D eigenvalue weighted by atomic mass is 16.2. The first-order valence-corrected chi connectivity index (χ1v) is 3.46. The third kappa shape index (κ3) is 2.84. The van der Waals surface area contributed by atoms with E-state index < -0.39 is 0 Å². The van der Waals surface area contributed by atoms with Crippen LogP contribution in [0.2, 0.25) is 0 Å². The fraction of sp³-hybridized carbons (Fsp3) is 0.429. The van der Waals surface area contributed by atoms with Gasteiger partial charge in [-0.15, -0.1) is 0 Å². The van der Waals surface area contributed by atoms with Crippen molar-refractivity contribution < 1.29 is 0 Å². The van der Waals surface area contributed by atoms with Crippen molar-refractivity contribution in [3.63, 3.8) is 0 Å². The zero-order chi connectivity index (χ0) is 8.85. The van der Waals surface area contributed by atoms with Gasteiger partial charge >= 0.3 is 5.69 Å². The molecular weight excluding hydrogens is 144 g/mol. The van der Waals surface area contributed by atoms with E-state index in [1.807, 2.05) is 13.8 Å². The number of aryl methyl sites for hydroxylation is 1. The van der Waals surface area contributed by atoms with Crippen LogP contribution in [-0.4, -0.2) is 9.55 Å². The Morgan fingerprint density at radius 1 is 1.36 bits per heavy atom. The van der Waals surface area contributed by atoms with Crippen molar-refractivity contribution in [2.45, 2.75) is 13.8 Å². The molecule has 0 aliphatic rings. The lowest BCUT2D eigenvalue weighted by atomic mass is 10.6. The van der Waals surface area contributed by atoms with Gasteiger partial charge in [0.2, 0.25) is 0 Å². The lowest BCUT2D eigenvalue weighted by Gasteiger charge is -1.89. The molecular formula is C7H12N2O2. The van der Waals surface area contributed by atoms with E-state index in [0.29, 0.717) is 0 Å². The lowest BCUT2D eigenvalue weighted by Crippen LogP contribution is -2.26. The number of hydrogen-bond acceptors (Lipinski definition) is 2. The van der Waals surface area contributed by atoms with Crippen LogP contribution in [0.15, 0.2) is 21.9 Å². The Balaban J connectivity index is 0.000000461. The Hall–Kier alpha value is -1.32. The van der Waals surface area contributed by atoms with Crippen molar-refractivity contribution in [1.29, 1.82) is 0 Å². The van der Waals surface area contributed by atoms with E-state index in [4.69, 9.17) is 0 Å². The van der Waals surface area contributed by atoms with E-state index in [1.54, 1.807) is 7.05 Å². The molecule has 1 rings (SSSR count). The summed E-state index contributed by atoms with van der Waals surface area (Å²) in [4.78, 5) is 23.0. The van der Waals surface area contributed by atoms with Crippen molar-refractivity contribution in [3.8, 4) is 0 Å². The highest BCUT2D eigenvalue weighted by Gasteiger charge is 1.85. The average molecular weight is 156 g/mol. The topological polar surface area (TPSA) is 54.9 Å². The Morgan fingerprint density at radius 3 is 2.27 bits per heavy atom. The highest BCUT2D eigenvalue weighted by Crippen LogP contribution is 1.61. The van der Waals surface area contributed by atoms with Crippen molar-refractivity contribution >= 4 is 0 Å². The SMILES string of the molecule is CC.Cn1ccc(=O)[nH]c1=O. The molecule has 0 bridgehead atoms. The van der Waals surface area contributed by atoms with Gasteiger partial charge in [0, 0.05) is 19.3 Å². The molecule has 1 N–H and O–H groups in total. The first kappa shape index (κ1) is 9.68. The summed E-state index contributed by atoms with van der Waals surface area (Å²) in [6, 6.07) is 1.29. The first-order chi connectivity index (χ1) is 5.20. The van der Waals surface area contributed by atoms with E-state index in [9.17, 15) is 9.59 Å². The number of nitrogens with zero attached hydrogens (tertiary/aromatic N) is 1. The number of nitrogens with one attached hydrogen (secondary N) is 1. The summed E-state index contributed by atoms with van der Waals surface area (Å²) >= 11 is 0. The normalized spacial score (nSPS) is 8.27. The highest BCUT2D eigenvalue weighted by molar-refractivity contribution is 4.80. The van der Waals surface area contributed by atoms with Gasteiger partial charge in [-0.25, -0.2) is 4.79 Å². The minimum absolute atomic E-state index is 0.363. The Bertz CT molecular complexity index is 311. The largest absolute Gasteiger partial charge is 0.328 e. The maximum absolute atomic E-state index is 10.5. The molecule has 0 spiro atoms. The zero-order valence-corrected chi connectivity index (χ0v) is 6.92. The van der Waals surface area contributed by atoms with Crippen LogP contribution in [0.25, 0.3) is 0 Å². The minimum atomic E-state index is -0.387. The van der Waals surface area contributed by atoms with E-state index in [1.165, 1.54) is 16.8 Å². The van der Waals surface area contributed by atoms with Gasteiger partial charge in [-0.05, 0) is 0 Å². The smallest absolute Gasteiger partial charge is 0.304 e. The maximum Gasteiger partial charge on any atom is 0.328 e. The third-order valence-electron chi connectivity index (χ3n) is 1.000. The monoisotopic (exact) mass is 156 g/mol. The first-order valence-electron chi connectivity index (χ1n) is 3.46. The second-order valence-corrected chi connectivity index (χ2v) is 1.72. The summed E-state index contributed by atoms with van der Waals surface area (Å²) in [7, 11) is 1.57. The van der Waals surface area contributed by atoms with E-state index in [0.717, 1.165) is 0 Å². The second-order valence-electron chi connectivity index (χ2n) is 1.72. The summed E-state index contributed by atoms with van der Waals surface area (Å²) in [6.07, 6.45) is 1.42. The molecule has 0 saturated heterocycles. The van der Waals surface area contributed by atoms with Gasteiger partial charge in [-0.2, -0.15) is 0 Å². The van der Waals surface area contributed by atoms with Crippen LogP contribution in [0.5, 0.6) is 0 Å². The number of hydrogen-bond donors (Lipinski definition) is 1. The molecule has 62 valence electrons. The summed E-state index contributed by atoms with van der Waals surface area (Å²) in [5.74, 6) is 0. The molecule has 1 heterocycles. The van der Waals surface area contributed by atoms with Crippen LogP contribution in [0.4, 0.5) is 0 Å². The summed E-state index contributed by atoms with van der Waals surface area (Å²) in [6.45, 7) is 4.00. The molecule has 0 unspecified atom stereocenters. The van der Waals surface area contributed by atoms with Crippen LogP contribution in [0.3, 0.4) is 0 Å². The molecule has 0 aliphatic carbocycles. The van der Waals surface area contributed by atoms with Crippen molar-refractivity contribution in [2.24, 2.45) is 7.05 Å². The number of aromatic nitrogens is 2. The van der Waals surface area contributed by atoms with Crippen LogP contribution < -0.4 is 11.2 Å². The fourth-order valence-electron chi connectivity index (χ4n) is 0.482. The average Bonchev–Trinajstić information content (AvgIpc) is 2.02. The van der Waals surface area contributed by atoms with Crippen LogP contribution in [0.1, 0.15) is 13.8 Å². The van der Waals surface area contributed by atoms with Gasteiger partial charge in [0.1, 0.15) is 0 Å². The standard InChI is InChI=1S/C5H6N2O2.C2H6/c1-7-3-2-4(8)6-5(7)9;1-2/h2-3H,1H3,(H,6,8,9);1-2H3.